The van der Waals surface area contributed by atoms with Gasteiger partial charge in [0.05, 0.1) is 11.3 Å². The van der Waals surface area contributed by atoms with E-state index < -0.39 is 0 Å². The third-order valence-corrected chi connectivity index (χ3v) is 3.99. The second-order valence-electron chi connectivity index (χ2n) is 4.85. The topological polar surface area (TPSA) is 54.9 Å². The minimum Gasteiger partial charge on any atom is -0.355 e. The van der Waals surface area contributed by atoms with Crippen molar-refractivity contribution >= 4 is 28.6 Å². The fourth-order valence-electron chi connectivity index (χ4n) is 1.99. The Kier molecular flexibility index (Phi) is 5.99. The van der Waals surface area contributed by atoms with Crippen LogP contribution in [0.1, 0.15) is 32.5 Å². The first-order chi connectivity index (χ1) is 10.2. The Morgan fingerprint density at radius 1 is 1.19 bits per heavy atom. The van der Waals surface area contributed by atoms with E-state index in [1.165, 1.54) is 11.8 Å². The van der Waals surface area contributed by atoms with Gasteiger partial charge in [-0.2, -0.15) is 0 Å². The summed E-state index contributed by atoms with van der Waals surface area (Å²) in [5, 5.41) is 4.81. The van der Waals surface area contributed by atoms with Crippen molar-refractivity contribution in [3.63, 3.8) is 0 Å². The molecule has 4 nitrogen and oxygen atoms in total. The predicted octanol–water partition coefficient (Wildman–Crippen LogP) is 3.20. The lowest BCUT2D eigenvalue weighted by molar-refractivity contribution is -0.118. The smallest absolute Gasteiger partial charge is 0.230 e. The Morgan fingerprint density at radius 2 is 2.00 bits per heavy atom. The quantitative estimate of drug-likeness (QED) is 0.630. The van der Waals surface area contributed by atoms with Gasteiger partial charge in [-0.25, -0.2) is 9.97 Å². The van der Waals surface area contributed by atoms with Crippen LogP contribution in [0.5, 0.6) is 0 Å². The molecule has 1 aromatic heterocycles. The lowest BCUT2D eigenvalue weighted by Gasteiger charge is -2.08. The molecule has 0 fully saturated rings. The normalized spacial score (nSPS) is 10.8. The molecule has 0 saturated carbocycles. The van der Waals surface area contributed by atoms with Crippen LogP contribution in [0.25, 0.3) is 10.9 Å². The molecule has 1 aromatic carbocycles. The number of thioether (sulfide) groups is 1. The van der Waals surface area contributed by atoms with Gasteiger partial charge in [0.15, 0.2) is 0 Å². The van der Waals surface area contributed by atoms with Crippen LogP contribution in [0, 0.1) is 0 Å². The molecule has 5 heteroatoms. The standard InChI is InChI=1S/C16H21N3OS/c1-3-7-14-18-13-9-6-5-8-12(13)16(19-14)21-11-15(20)17-10-4-2/h5-6,8-9H,3-4,7,10-11H2,1-2H3,(H,17,20). The maximum Gasteiger partial charge on any atom is 0.230 e. The average molecular weight is 303 g/mol. The number of rotatable bonds is 7. The molecule has 0 atom stereocenters. The molecular weight excluding hydrogens is 282 g/mol. The number of nitrogens with one attached hydrogen (secondary N) is 1. The zero-order valence-corrected chi connectivity index (χ0v) is 13.4. The second kappa shape index (κ2) is 7.98. The van der Waals surface area contributed by atoms with Crippen molar-refractivity contribution < 1.29 is 4.79 Å². The summed E-state index contributed by atoms with van der Waals surface area (Å²) in [6.07, 6.45) is 2.83. The molecule has 0 unspecified atom stereocenters. The number of fused-ring (bicyclic) bond motifs is 1. The fraction of sp³-hybridized carbons (Fsp3) is 0.438. The molecule has 21 heavy (non-hydrogen) atoms. The van der Waals surface area contributed by atoms with Gasteiger partial charge in [-0.15, -0.1) is 0 Å². The van der Waals surface area contributed by atoms with Gasteiger partial charge in [-0.3, -0.25) is 4.79 Å². The van der Waals surface area contributed by atoms with Crippen LogP contribution in [0.2, 0.25) is 0 Å². The molecule has 0 bridgehead atoms. The SMILES string of the molecule is CCCNC(=O)CSc1nc(CCC)nc2ccccc12. The highest BCUT2D eigenvalue weighted by Crippen LogP contribution is 2.25. The largest absolute Gasteiger partial charge is 0.355 e. The van der Waals surface area contributed by atoms with Crippen LogP contribution >= 0.6 is 11.8 Å². The zero-order valence-electron chi connectivity index (χ0n) is 12.6. The van der Waals surface area contributed by atoms with E-state index in [9.17, 15) is 4.79 Å². The number of benzene rings is 1. The van der Waals surface area contributed by atoms with Crippen molar-refractivity contribution in [2.45, 2.75) is 38.1 Å². The van der Waals surface area contributed by atoms with E-state index >= 15 is 0 Å². The summed E-state index contributed by atoms with van der Waals surface area (Å²) >= 11 is 1.49. The van der Waals surface area contributed by atoms with Gasteiger partial charge < -0.3 is 5.32 Å². The first-order valence-electron chi connectivity index (χ1n) is 7.39. The number of aryl methyl sites for hydroxylation is 1. The van der Waals surface area contributed by atoms with Crippen molar-refractivity contribution in [1.82, 2.24) is 15.3 Å². The molecular formula is C16H21N3OS. The lowest BCUT2D eigenvalue weighted by atomic mass is 10.2. The van der Waals surface area contributed by atoms with Crippen LogP contribution in [0.4, 0.5) is 0 Å². The maximum atomic E-state index is 11.7. The Hall–Kier alpha value is -1.62. The predicted molar refractivity (Wildman–Crippen MR) is 87.6 cm³/mol. The number of aromatic nitrogens is 2. The molecule has 2 aromatic rings. The summed E-state index contributed by atoms with van der Waals surface area (Å²) in [5.41, 5.74) is 0.951. The lowest BCUT2D eigenvalue weighted by Crippen LogP contribution is -2.25. The second-order valence-corrected chi connectivity index (χ2v) is 5.81. The molecule has 1 amide bonds. The molecule has 1 N–H and O–H groups in total. The van der Waals surface area contributed by atoms with E-state index in [4.69, 9.17) is 0 Å². The number of nitrogens with zero attached hydrogens (tertiary/aromatic N) is 2. The molecule has 0 aliphatic carbocycles. The van der Waals surface area contributed by atoms with Gasteiger partial charge >= 0.3 is 0 Å². The minimum atomic E-state index is 0.0570. The third kappa shape index (κ3) is 4.43. The van der Waals surface area contributed by atoms with E-state index in [-0.39, 0.29) is 5.91 Å². The number of hydrogen-bond donors (Lipinski definition) is 1. The molecule has 0 spiro atoms. The van der Waals surface area contributed by atoms with Gasteiger partial charge in [0.1, 0.15) is 10.9 Å². The Bertz CT molecular complexity index is 615. The highest BCUT2D eigenvalue weighted by molar-refractivity contribution is 8.00. The van der Waals surface area contributed by atoms with E-state index in [1.807, 2.05) is 31.2 Å². The average Bonchev–Trinajstić information content (AvgIpc) is 2.51. The van der Waals surface area contributed by atoms with Gasteiger partial charge in [0.2, 0.25) is 5.91 Å². The van der Waals surface area contributed by atoms with Gasteiger partial charge in [0, 0.05) is 18.4 Å². The van der Waals surface area contributed by atoms with Crippen molar-refractivity contribution in [2.75, 3.05) is 12.3 Å². The van der Waals surface area contributed by atoms with Crippen LogP contribution in [0.3, 0.4) is 0 Å². The first kappa shape index (κ1) is 15.8. The summed E-state index contributed by atoms with van der Waals surface area (Å²) in [4.78, 5) is 20.9. The molecule has 1 heterocycles. The fourth-order valence-corrected chi connectivity index (χ4v) is 2.86. The summed E-state index contributed by atoms with van der Waals surface area (Å²) < 4.78 is 0. The molecule has 0 aliphatic rings. The van der Waals surface area contributed by atoms with E-state index in [2.05, 4.69) is 22.2 Å². The molecule has 112 valence electrons. The van der Waals surface area contributed by atoms with Gasteiger partial charge in [0.25, 0.3) is 0 Å². The Morgan fingerprint density at radius 3 is 2.76 bits per heavy atom. The molecule has 0 saturated heterocycles. The van der Waals surface area contributed by atoms with Crippen LogP contribution in [0.15, 0.2) is 29.3 Å². The highest BCUT2D eigenvalue weighted by Gasteiger charge is 2.09. The minimum absolute atomic E-state index is 0.0570. The zero-order chi connectivity index (χ0) is 15.1. The summed E-state index contributed by atoms with van der Waals surface area (Å²) in [6, 6.07) is 7.97. The van der Waals surface area contributed by atoms with E-state index in [0.717, 1.165) is 47.6 Å². The summed E-state index contributed by atoms with van der Waals surface area (Å²) in [7, 11) is 0. The monoisotopic (exact) mass is 303 g/mol. The van der Waals surface area contributed by atoms with Crippen LogP contribution in [-0.2, 0) is 11.2 Å². The van der Waals surface area contributed by atoms with Crippen molar-refractivity contribution in [3.05, 3.63) is 30.1 Å². The molecule has 0 aliphatic heterocycles. The van der Waals surface area contributed by atoms with Gasteiger partial charge in [-0.1, -0.05) is 43.8 Å². The Labute approximate surface area is 129 Å². The van der Waals surface area contributed by atoms with Crippen molar-refractivity contribution in [3.8, 4) is 0 Å². The number of para-hydroxylation sites is 1. The number of amides is 1. The summed E-state index contributed by atoms with van der Waals surface area (Å²) in [6.45, 7) is 4.89. The maximum absolute atomic E-state index is 11.7. The Balaban J connectivity index is 2.18. The number of carbonyl (C=O) groups excluding carboxylic acids is 1. The third-order valence-electron chi connectivity index (χ3n) is 3.00. The molecule has 0 radical (unpaired) electrons. The van der Waals surface area contributed by atoms with E-state index in [0.29, 0.717) is 5.75 Å². The highest BCUT2D eigenvalue weighted by atomic mass is 32.2. The van der Waals surface area contributed by atoms with Crippen molar-refractivity contribution in [1.29, 1.82) is 0 Å². The number of carbonyl (C=O) groups is 1. The van der Waals surface area contributed by atoms with Crippen LogP contribution in [-0.4, -0.2) is 28.2 Å². The van der Waals surface area contributed by atoms with Crippen LogP contribution < -0.4 is 5.32 Å². The summed E-state index contributed by atoms with van der Waals surface area (Å²) in [5.74, 6) is 1.31. The first-order valence-corrected chi connectivity index (χ1v) is 8.38. The molecule has 2 rings (SSSR count). The van der Waals surface area contributed by atoms with Gasteiger partial charge in [-0.05, 0) is 18.9 Å². The van der Waals surface area contributed by atoms with Crippen molar-refractivity contribution in [2.24, 2.45) is 0 Å². The number of hydrogen-bond acceptors (Lipinski definition) is 4. The van der Waals surface area contributed by atoms with E-state index in [1.54, 1.807) is 0 Å².